The quantitative estimate of drug-likeness (QED) is 0.456. The van der Waals surface area contributed by atoms with Crippen LogP contribution in [0.2, 0.25) is 0 Å². The number of ether oxygens (including phenoxy) is 2. The summed E-state index contributed by atoms with van der Waals surface area (Å²) in [5.41, 5.74) is 0.373. The summed E-state index contributed by atoms with van der Waals surface area (Å²) in [5, 5.41) is 2.84. The fourth-order valence-corrected chi connectivity index (χ4v) is 4.25. The van der Waals surface area contributed by atoms with Crippen molar-refractivity contribution in [1.82, 2.24) is 15.1 Å². The zero-order valence-corrected chi connectivity index (χ0v) is 22.8. The van der Waals surface area contributed by atoms with Crippen LogP contribution in [0.25, 0.3) is 0 Å². The Morgan fingerprint density at radius 2 is 1.81 bits per heavy atom. The second-order valence-electron chi connectivity index (χ2n) is 10.5. The molecule has 37 heavy (non-hydrogen) atoms. The van der Waals surface area contributed by atoms with E-state index < -0.39 is 23.8 Å². The maximum atomic E-state index is 13.0. The topological polar surface area (TPSA) is 105 Å². The van der Waals surface area contributed by atoms with Crippen molar-refractivity contribution < 1.29 is 28.7 Å². The van der Waals surface area contributed by atoms with Crippen LogP contribution in [0.3, 0.4) is 0 Å². The van der Waals surface area contributed by atoms with Crippen molar-refractivity contribution in [3.63, 3.8) is 0 Å². The number of carbonyl (C=O) groups is 4. The highest BCUT2D eigenvalue weighted by atomic mass is 16.6. The Morgan fingerprint density at radius 1 is 1.16 bits per heavy atom. The third-order valence-electron chi connectivity index (χ3n) is 6.40. The highest BCUT2D eigenvalue weighted by Crippen LogP contribution is 2.29. The smallest absolute Gasteiger partial charge is 0.410 e. The van der Waals surface area contributed by atoms with E-state index >= 15 is 0 Å². The van der Waals surface area contributed by atoms with E-state index in [9.17, 15) is 19.2 Å². The average Bonchev–Trinajstić information content (AvgIpc) is 3.21. The second kappa shape index (κ2) is 13.8. The molecule has 0 bridgehead atoms. The Hall–Kier alpha value is -3.36. The summed E-state index contributed by atoms with van der Waals surface area (Å²) in [5.74, 6) is -0.395. The number of hydrogen-bond acceptors (Lipinski definition) is 6. The van der Waals surface area contributed by atoms with E-state index in [2.05, 4.69) is 23.1 Å². The summed E-state index contributed by atoms with van der Waals surface area (Å²) in [6.07, 6.45) is 6.81. The van der Waals surface area contributed by atoms with E-state index in [0.29, 0.717) is 19.5 Å². The first kappa shape index (κ1) is 29.9. The van der Waals surface area contributed by atoms with Gasteiger partial charge < -0.3 is 19.7 Å². The predicted molar refractivity (Wildman–Crippen MR) is 140 cm³/mol. The Kier molecular flexibility index (Phi) is 11.1. The van der Waals surface area contributed by atoms with Crippen LogP contribution in [-0.2, 0) is 30.5 Å². The van der Waals surface area contributed by atoms with E-state index in [1.165, 1.54) is 11.9 Å². The number of fused-ring (bicyclic) bond motifs is 1. The fraction of sp³-hybridized carbons (Fsp3) is 0.571. The van der Waals surface area contributed by atoms with E-state index in [1.54, 1.807) is 27.7 Å². The van der Waals surface area contributed by atoms with E-state index in [0.717, 1.165) is 24.8 Å². The number of benzene rings is 1. The van der Waals surface area contributed by atoms with Gasteiger partial charge in [0.15, 0.2) is 0 Å². The van der Waals surface area contributed by atoms with Gasteiger partial charge in [0, 0.05) is 19.1 Å². The fourth-order valence-electron chi connectivity index (χ4n) is 4.25. The largest absolute Gasteiger partial charge is 0.463 e. The third-order valence-corrected chi connectivity index (χ3v) is 6.40. The van der Waals surface area contributed by atoms with Crippen LogP contribution in [-0.4, -0.2) is 71.0 Å². The number of rotatable bonds is 6. The Morgan fingerprint density at radius 3 is 2.43 bits per heavy atom. The predicted octanol–water partition coefficient (Wildman–Crippen LogP) is 3.82. The molecule has 9 heteroatoms. The maximum absolute atomic E-state index is 13.0. The minimum Gasteiger partial charge on any atom is -0.463 e. The van der Waals surface area contributed by atoms with Gasteiger partial charge >= 0.3 is 6.09 Å². The van der Waals surface area contributed by atoms with Crippen LogP contribution in [0, 0.1) is 0 Å². The minimum atomic E-state index is -0.742. The number of carbonyl (C=O) groups excluding carboxylic acids is 4. The number of nitrogens with one attached hydrogen (secondary N) is 1. The van der Waals surface area contributed by atoms with E-state index in [-0.39, 0.29) is 23.9 Å². The first-order chi connectivity index (χ1) is 17.4. The van der Waals surface area contributed by atoms with Gasteiger partial charge in [-0.05, 0) is 65.9 Å². The molecule has 9 nitrogen and oxygen atoms in total. The molecule has 3 amide bonds. The molecule has 0 aromatic heterocycles. The van der Waals surface area contributed by atoms with Gasteiger partial charge in [-0.3, -0.25) is 19.3 Å². The monoisotopic (exact) mass is 515 g/mol. The summed E-state index contributed by atoms with van der Waals surface area (Å²) in [6, 6.07) is 8.60. The Bertz CT molecular complexity index is 943. The maximum Gasteiger partial charge on any atom is 0.410 e. The highest BCUT2D eigenvalue weighted by Gasteiger charge is 2.38. The van der Waals surface area contributed by atoms with Crippen LogP contribution in [0.1, 0.15) is 65.9 Å². The molecule has 0 saturated carbocycles. The van der Waals surface area contributed by atoms with Crippen LogP contribution in [0.5, 0.6) is 0 Å². The van der Waals surface area contributed by atoms with Crippen molar-refractivity contribution >= 4 is 24.4 Å². The molecule has 4 unspecified atom stereocenters. The van der Waals surface area contributed by atoms with Crippen molar-refractivity contribution in [2.75, 3.05) is 7.05 Å². The summed E-state index contributed by atoms with van der Waals surface area (Å²) in [6.45, 7) is 9.83. The summed E-state index contributed by atoms with van der Waals surface area (Å²) in [7, 11) is 1.52. The lowest BCUT2D eigenvalue weighted by Gasteiger charge is -2.34. The standard InChI is InChI=1S/C20H33N3O4.C8H8O2/c1-13-11-12-15-9-7-8-10-16(18(25)23(13)15)21-17(24)14(2)22(6)19(26)27-20(3,4)5;9-7-10-6-8-4-2-1-3-5-8/h7-8,13-16H,9-12H2,1-6H3,(H,21,24);1-5,7H,6H2/b8-7-;. The summed E-state index contributed by atoms with van der Waals surface area (Å²) in [4.78, 5) is 50.8. The molecule has 2 aliphatic heterocycles. The molecule has 204 valence electrons. The molecule has 4 atom stereocenters. The zero-order chi connectivity index (χ0) is 27.6. The van der Waals surface area contributed by atoms with Crippen molar-refractivity contribution in [1.29, 1.82) is 0 Å². The van der Waals surface area contributed by atoms with Crippen molar-refractivity contribution in [2.45, 2.75) is 96.7 Å². The molecular formula is C28H41N3O6. The molecule has 0 radical (unpaired) electrons. The van der Waals surface area contributed by atoms with Crippen molar-refractivity contribution in [2.24, 2.45) is 0 Å². The Balaban J connectivity index is 0.000000402. The van der Waals surface area contributed by atoms with E-state index in [1.807, 2.05) is 41.3 Å². The minimum absolute atomic E-state index is 0.0326. The van der Waals surface area contributed by atoms with Gasteiger partial charge in [0.25, 0.3) is 6.47 Å². The van der Waals surface area contributed by atoms with Gasteiger partial charge in [-0.25, -0.2) is 4.79 Å². The first-order valence-electron chi connectivity index (χ1n) is 12.8. The van der Waals surface area contributed by atoms with Gasteiger partial charge in [0.2, 0.25) is 11.8 Å². The average molecular weight is 516 g/mol. The number of likely N-dealkylation sites (N-methyl/N-ethyl adjacent to an activating group) is 1. The summed E-state index contributed by atoms with van der Waals surface area (Å²) < 4.78 is 9.85. The Labute approximate surface area is 220 Å². The van der Waals surface area contributed by atoms with Crippen molar-refractivity contribution in [3.8, 4) is 0 Å². The number of nitrogens with zero attached hydrogens (tertiary/aromatic N) is 2. The molecule has 1 fully saturated rings. The van der Waals surface area contributed by atoms with Crippen LogP contribution < -0.4 is 5.32 Å². The van der Waals surface area contributed by atoms with Gasteiger partial charge in [-0.1, -0.05) is 42.5 Å². The van der Waals surface area contributed by atoms with E-state index in [4.69, 9.17) is 4.74 Å². The lowest BCUT2D eigenvalue weighted by Crippen LogP contribution is -2.56. The number of hydrogen-bond donors (Lipinski definition) is 1. The van der Waals surface area contributed by atoms with Crippen LogP contribution in [0.15, 0.2) is 42.5 Å². The molecule has 3 rings (SSSR count). The lowest BCUT2D eigenvalue weighted by atomic mass is 10.0. The highest BCUT2D eigenvalue weighted by molar-refractivity contribution is 5.91. The lowest BCUT2D eigenvalue weighted by molar-refractivity contribution is -0.139. The van der Waals surface area contributed by atoms with Gasteiger partial charge in [0.1, 0.15) is 24.3 Å². The molecule has 1 N–H and O–H groups in total. The van der Waals surface area contributed by atoms with Gasteiger partial charge in [-0.15, -0.1) is 0 Å². The van der Waals surface area contributed by atoms with Gasteiger partial charge in [-0.2, -0.15) is 0 Å². The molecule has 2 aliphatic rings. The zero-order valence-electron chi connectivity index (χ0n) is 22.8. The third kappa shape index (κ3) is 9.22. The number of amides is 3. The molecule has 2 heterocycles. The SMILES string of the molecule is CC(C(=O)NC1C/C=C\CC2CCC(C)N2C1=O)N(C)C(=O)OC(C)(C)C.O=COCc1ccccc1. The molecule has 0 spiro atoms. The normalized spacial score (nSPS) is 22.7. The molecule has 1 aromatic carbocycles. The van der Waals surface area contributed by atoms with Crippen LogP contribution in [0.4, 0.5) is 4.79 Å². The molecule has 0 aliphatic carbocycles. The molecular weight excluding hydrogens is 474 g/mol. The van der Waals surface area contributed by atoms with Gasteiger partial charge in [0.05, 0.1) is 0 Å². The second-order valence-corrected chi connectivity index (χ2v) is 10.5. The van der Waals surface area contributed by atoms with Crippen molar-refractivity contribution in [3.05, 3.63) is 48.0 Å². The molecule has 1 saturated heterocycles. The molecule has 1 aromatic rings. The summed E-state index contributed by atoms with van der Waals surface area (Å²) >= 11 is 0. The first-order valence-corrected chi connectivity index (χ1v) is 12.8. The van der Waals surface area contributed by atoms with Crippen LogP contribution >= 0.6 is 0 Å².